The number of fused-ring (bicyclic) bond motifs is 1. The number of rotatable bonds is 6. The number of hydrogen-bond acceptors (Lipinski definition) is 7. The van der Waals surface area contributed by atoms with Gasteiger partial charge in [-0.25, -0.2) is 13.2 Å². The Morgan fingerprint density at radius 3 is 2.33 bits per heavy atom. The molecule has 2 N–H and O–H groups in total. The lowest BCUT2D eigenvalue weighted by molar-refractivity contribution is -0.129. The summed E-state index contributed by atoms with van der Waals surface area (Å²) in [5, 5.41) is 2.58. The zero-order chi connectivity index (χ0) is 23.6. The van der Waals surface area contributed by atoms with E-state index in [1.54, 1.807) is 6.07 Å². The second-order valence-corrected chi connectivity index (χ2v) is 9.19. The molecule has 2 aromatic rings. The third-order valence-corrected chi connectivity index (χ3v) is 6.36. The maximum absolute atomic E-state index is 12.8. The van der Waals surface area contributed by atoms with Crippen LogP contribution in [0, 0.1) is 0 Å². The molecule has 2 aliphatic heterocycles. The molecular weight excluding hydrogens is 452 g/mol. The molecule has 4 rings (SSSR count). The van der Waals surface area contributed by atoms with Gasteiger partial charge in [0.1, 0.15) is 13.1 Å². The van der Waals surface area contributed by atoms with E-state index in [-0.39, 0.29) is 17.1 Å². The summed E-state index contributed by atoms with van der Waals surface area (Å²) in [6.07, 6.45) is 0.708. The minimum Gasteiger partial charge on any atom is -0.490 e. The van der Waals surface area contributed by atoms with Gasteiger partial charge < -0.3 is 19.7 Å². The maximum atomic E-state index is 12.8. The highest BCUT2D eigenvalue weighted by atomic mass is 32.2. The fourth-order valence-corrected chi connectivity index (χ4v) is 4.39. The number of nitrogens with one attached hydrogen (secondary N) is 2. The van der Waals surface area contributed by atoms with Crippen molar-refractivity contribution in [3.63, 3.8) is 0 Å². The molecule has 0 radical (unpaired) electrons. The Morgan fingerprint density at radius 1 is 1.00 bits per heavy atom. The highest BCUT2D eigenvalue weighted by molar-refractivity contribution is 7.92. The molecule has 11 nitrogen and oxygen atoms in total. The van der Waals surface area contributed by atoms with E-state index >= 15 is 0 Å². The number of carbonyl (C=O) groups is 3. The number of amides is 4. The third kappa shape index (κ3) is 5.00. The smallest absolute Gasteiger partial charge is 0.327 e. The average Bonchev–Trinajstić information content (AvgIpc) is 2.94. The number of ether oxygens (including phenoxy) is 2. The molecule has 0 unspecified atom stereocenters. The van der Waals surface area contributed by atoms with E-state index in [0.717, 1.165) is 4.90 Å². The van der Waals surface area contributed by atoms with Crippen molar-refractivity contribution in [2.45, 2.75) is 11.3 Å². The lowest BCUT2D eigenvalue weighted by Crippen LogP contribution is -2.38. The fraction of sp³-hybridized carbons (Fsp3) is 0.286. The Bertz CT molecular complexity index is 1200. The number of hydrogen-bond donors (Lipinski definition) is 2. The van der Waals surface area contributed by atoms with Crippen LogP contribution in [0.5, 0.6) is 11.5 Å². The molecule has 1 saturated heterocycles. The molecule has 4 amide bonds. The highest BCUT2D eigenvalue weighted by Gasteiger charge is 2.34. The van der Waals surface area contributed by atoms with E-state index in [9.17, 15) is 22.8 Å². The van der Waals surface area contributed by atoms with E-state index in [1.807, 2.05) is 0 Å². The van der Waals surface area contributed by atoms with Crippen LogP contribution in [-0.4, -0.2) is 69.4 Å². The molecule has 12 heteroatoms. The van der Waals surface area contributed by atoms with Crippen molar-refractivity contribution >= 4 is 39.2 Å². The van der Waals surface area contributed by atoms with Crippen LogP contribution < -0.4 is 19.5 Å². The van der Waals surface area contributed by atoms with Gasteiger partial charge in [0.05, 0.1) is 18.1 Å². The number of likely N-dealkylation sites (N-methyl/N-ethyl adjacent to an activating group) is 1. The van der Waals surface area contributed by atoms with Gasteiger partial charge in [-0.15, -0.1) is 0 Å². The maximum Gasteiger partial charge on any atom is 0.327 e. The molecule has 0 bridgehead atoms. The molecule has 0 saturated carbocycles. The van der Waals surface area contributed by atoms with Crippen LogP contribution in [0.25, 0.3) is 0 Å². The molecule has 0 atom stereocenters. The standard InChI is InChI=1S/C21H22N4O7S/c1-24-13-20(27)25(21(24)28)12-19(26)22-14-3-5-15(6-4-14)23-33(29,30)16-7-8-17-18(11-16)32-10-2-9-31-17/h3-8,11,23H,2,9-10,12-13H2,1H3,(H,22,26). The number of sulfonamides is 1. The molecule has 2 aliphatic rings. The second kappa shape index (κ2) is 8.98. The number of nitrogens with zero attached hydrogens (tertiary/aromatic N) is 2. The van der Waals surface area contributed by atoms with Crippen LogP contribution in [0.2, 0.25) is 0 Å². The minimum atomic E-state index is -3.89. The van der Waals surface area contributed by atoms with Gasteiger partial charge in [0.25, 0.3) is 15.9 Å². The zero-order valence-corrected chi connectivity index (χ0v) is 18.6. The Morgan fingerprint density at radius 2 is 1.67 bits per heavy atom. The first-order valence-electron chi connectivity index (χ1n) is 10.1. The second-order valence-electron chi connectivity index (χ2n) is 7.51. The Kier molecular flexibility index (Phi) is 6.09. The lowest BCUT2D eigenvalue weighted by atomic mass is 10.3. The van der Waals surface area contributed by atoms with Crippen LogP contribution >= 0.6 is 0 Å². The van der Waals surface area contributed by atoms with Gasteiger partial charge in [0.2, 0.25) is 5.91 Å². The topological polar surface area (TPSA) is 134 Å². The lowest BCUT2D eigenvalue weighted by Gasteiger charge is -2.14. The zero-order valence-electron chi connectivity index (χ0n) is 17.7. The molecule has 0 aromatic heterocycles. The van der Waals surface area contributed by atoms with E-state index in [2.05, 4.69) is 10.0 Å². The van der Waals surface area contributed by atoms with Crippen molar-refractivity contribution in [2.24, 2.45) is 0 Å². The van der Waals surface area contributed by atoms with Crippen molar-refractivity contribution in [2.75, 3.05) is 43.4 Å². The first-order valence-corrected chi connectivity index (χ1v) is 11.6. The molecule has 33 heavy (non-hydrogen) atoms. The Hall–Kier alpha value is -3.80. The van der Waals surface area contributed by atoms with Crippen molar-refractivity contribution in [1.29, 1.82) is 0 Å². The molecule has 1 fully saturated rings. The van der Waals surface area contributed by atoms with Gasteiger partial charge in [-0.1, -0.05) is 0 Å². The van der Waals surface area contributed by atoms with E-state index in [0.29, 0.717) is 36.8 Å². The fourth-order valence-electron chi connectivity index (χ4n) is 3.31. The third-order valence-electron chi connectivity index (χ3n) is 4.98. The molecule has 2 aromatic carbocycles. The summed E-state index contributed by atoms with van der Waals surface area (Å²) in [6.45, 7) is 0.473. The van der Waals surface area contributed by atoms with E-state index in [4.69, 9.17) is 9.47 Å². The summed E-state index contributed by atoms with van der Waals surface area (Å²) < 4.78 is 39.1. The normalized spacial score (nSPS) is 15.9. The van der Waals surface area contributed by atoms with Gasteiger partial charge in [0, 0.05) is 30.9 Å². The Balaban J connectivity index is 1.39. The summed E-state index contributed by atoms with van der Waals surface area (Å²) in [7, 11) is -2.41. The number of imide groups is 1. The molecular formula is C21H22N4O7S. The average molecular weight is 474 g/mol. The largest absolute Gasteiger partial charge is 0.490 e. The van der Waals surface area contributed by atoms with Crippen molar-refractivity contribution in [1.82, 2.24) is 9.80 Å². The minimum absolute atomic E-state index is 0.0223. The molecule has 174 valence electrons. The van der Waals surface area contributed by atoms with Crippen LogP contribution in [0.3, 0.4) is 0 Å². The predicted molar refractivity (Wildman–Crippen MR) is 118 cm³/mol. The van der Waals surface area contributed by atoms with Crippen molar-refractivity contribution in [3.8, 4) is 11.5 Å². The number of anilines is 2. The first-order chi connectivity index (χ1) is 15.7. The van der Waals surface area contributed by atoms with E-state index in [1.165, 1.54) is 48.3 Å². The van der Waals surface area contributed by atoms with Gasteiger partial charge in [-0.3, -0.25) is 19.2 Å². The first kappa shape index (κ1) is 22.4. The SMILES string of the molecule is CN1CC(=O)N(CC(=O)Nc2ccc(NS(=O)(=O)c3ccc4c(c3)OCCCO4)cc2)C1=O. The number of benzene rings is 2. The van der Waals surface area contributed by atoms with Crippen LogP contribution in [0.1, 0.15) is 6.42 Å². The van der Waals surface area contributed by atoms with Crippen LogP contribution in [0.4, 0.5) is 16.2 Å². The highest BCUT2D eigenvalue weighted by Crippen LogP contribution is 2.32. The summed E-state index contributed by atoms with van der Waals surface area (Å²) in [5.74, 6) is -0.130. The predicted octanol–water partition coefficient (Wildman–Crippen LogP) is 1.48. The summed E-state index contributed by atoms with van der Waals surface area (Å²) in [4.78, 5) is 38.0. The van der Waals surface area contributed by atoms with Crippen molar-refractivity contribution < 1.29 is 32.3 Å². The van der Waals surface area contributed by atoms with Gasteiger partial charge >= 0.3 is 6.03 Å². The van der Waals surface area contributed by atoms with Crippen molar-refractivity contribution in [3.05, 3.63) is 42.5 Å². The van der Waals surface area contributed by atoms with E-state index < -0.39 is 34.4 Å². The molecule has 0 spiro atoms. The summed E-state index contributed by atoms with van der Waals surface area (Å²) in [5.41, 5.74) is 0.664. The molecule has 2 heterocycles. The summed E-state index contributed by atoms with van der Waals surface area (Å²) >= 11 is 0. The Labute approximate surface area is 190 Å². The number of carbonyl (C=O) groups excluding carboxylic acids is 3. The monoisotopic (exact) mass is 474 g/mol. The van der Waals surface area contributed by atoms with Crippen LogP contribution in [-0.2, 0) is 19.6 Å². The quantitative estimate of drug-likeness (QED) is 0.606. The number of urea groups is 1. The van der Waals surface area contributed by atoms with Gasteiger partial charge in [0.15, 0.2) is 11.5 Å². The van der Waals surface area contributed by atoms with Gasteiger partial charge in [-0.2, -0.15) is 0 Å². The van der Waals surface area contributed by atoms with Crippen LogP contribution in [0.15, 0.2) is 47.4 Å². The van der Waals surface area contributed by atoms with Gasteiger partial charge in [-0.05, 0) is 36.4 Å². The molecule has 0 aliphatic carbocycles. The summed E-state index contributed by atoms with van der Waals surface area (Å²) in [6, 6.07) is 9.84.